The summed E-state index contributed by atoms with van der Waals surface area (Å²) in [6.07, 6.45) is 0.843. The number of fused-ring (bicyclic) bond motifs is 1. The van der Waals surface area contributed by atoms with Gasteiger partial charge in [-0.1, -0.05) is 0 Å². The summed E-state index contributed by atoms with van der Waals surface area (Å²) in [5.41, 5.74) is 2.53. The third-order valence-electron chi connectivity index (χ3n) is 3.66. The first-order valence-electron chi connectivity index (χ1n) is 6.99. The summed E-state index contributed by atoms with van der Waals surface area (Å²) < 4.78 is 5.74. The molecule has 0 saturated heterocycles. The molecule has 0 spiro atoms. The van der Waals surface area contributed by atoms with Gasteiger partial charge in [-0.25, -0.2) is 0 Å². The van der Waals surface area contributed by atoms with Gasteiger partial charge in [0, 0.05) is 24.6 Å². The van der Waals surface area contributed by atoms with Gasteiger partial charge in [0.1, 0.15) is 0 Å². The number of carbonyl (C=O) groups excluding carboxylic acids is 1. The van der Waals surface area contributed by atoms with Gasteiger partial charge in [-0.2, -0.15) is 5.10 Å². The first-order chi connectivity index (χ1) is 8.95. The standard InChI is InChI=1S/C14H23N3O2/c1-6-17(8(2)3)14(18)13-11-7-9(4)19-10(5)12(11)15-16-13/h8-10H,6-7H2,1-5H3,(H,15,16)/t9-,10+/m0/s1. The molecule has 5 nitrogen and oxygen atoms in total. The van der Waals surface area contributed by atoms with E-state index in [2.05, 4.69) is 10.2 Å². The van der Waals surface area contributed by atoms with E-state index in [1.54, 1.807) is 0 Å². The van der Waals surface area contributed by atoms with Crippen LogP contribution in [0.1, 0.15) is 62.5 Å². The number of ether oxygens (including phenoxy) is 1. The molecule has 1 aromatic heterocycles. The lowest BCUT2D eigenvalue weighted by atomic mass is 9.99. The molecule has 1 amide bonds. The maximum absolute atomic E-state index is 12.6. The van der Waals surface area contributed by atoms with E-state index < -0.39 is 0 Å². The maximum atomic E-state index is 12.6. The minimum atomic E-state index is -0.0260. The number of nitrogens with one attached hydrogen (secondary N) is 1. The van der Waals surface area contributed by atoms with Crippen molar-refractivity contribution >= 4 is 5.91 Å². The lowest BCUT2D eigenvalue weighted by Gasteiger charge is -2.27. The number of aromatic nitrogens is 2. The van der Waals surface area contributed by atoms with Crippen LogP contribution in [0.3, 0.4) is 0 Å². The number of H-pyrrole nitrogens is 1. The van der Waals surface area contributed by atoms with Crippen molar-refractivity contribution < 1.29 is 9.53 Å². The Labute approximate surface area is 114 Å². The van der Waals surface area contributed by atoms with E-state index >= 15 is 0 Å². The fraction of sp³-hybridized carbons (Fsp3) is 0.714. The van der Waals surface area contributed by atoms with Crippen LogP contribution >= 0.6 is 0 Å². The normalized spacial score (nSPS) is 22.4. The van der Waals surface area contributed by atoms with Crippen LogP contribution in [-0.2, 0) is 11.2 Å². The van der Waals surface area contributed by atoms with Crippen molar-refractivity contribution in [1.82, 2.24) is 15.1 Å². The van der Waals surface area contributed by atoms with Gasteiger partial charge in [-0.15, -0.1) is 0 Å². The van der Waals surface area contributed by atoms with Gasteiger partial charge < -0.3 is 9.64 Å². The SMILES string of the molecule is CCN(C(=O)c1n[nH]c2c1C[C@H](C)O[C@@H]2C)C(C)C. The monoisotopic (exact) mass is 265 g/mol. The molecular formula is C14H23N3O2. The van der Waals surface area contributed by atoms with Crippen molar-refractivity contribution in [3.05, 3.63) is 17.0 Å². The van der Waals surface area contributed by atoms with Crippen LogP contribution in [0.5, 0.6) is 0 Å². The van der Waals surface area contributed by atoms with E-state index in [0.29, 0.717) is 12.2 Å². The second kappa shape index (κ2) is 5.33. The third-order valence-corrected chi connectivity index (χ3v) is 3.66. The second-order valence-corrected chi connectivity index (χ2v) is 5.44. The van der Waals surface area contributed by atoms with Gasteiger partial charge in [0.15, 0.2) is 5.69 Å². The zero-order valence-electron chi connectivity index (χ0n) is 12.4. The first kappa shape index (κ1) is 14.1. The minimum absolute atomic E-state index is 0.0105. The Morgan fingerprint density at radius 2 is 2.21 bits per heavy atom. The number of nitrogens with zero attached hydrogens (tertiary/aromatic N) is 2. The molecule has 0 aromatic carbocycles. The molecule has 2 atom stereocenters. The highest BCUT2D eigenvalue weighted by Crippen LogP contribution is 2.30. The van der Waals surface area contributed by atoms with Crippen LogP contribution < -0.4 is 0 Å². The van der Waals surface area contributed by atoms with E-state index in [4.69, 9.17) is 4.74 Å². The Balaban J connectivity index is 2.34. The summed E-state index contributed by atoms with van der Waals surface area (Å²) in [4.78, 5) is 14.4. The van der Waals surface area contributed by atoms with Crippen LogP contribution in [-0.4, -0.2) is 39.7 Å². The predicted octanol–water partition coefficient (Wildman–Crippen LogP) is 2.30. The fourth-order valence-corrected chi connectivity index (χ4v) is 2.73. The van der Waals surface area contributed by atoms with Gasteiger partial charge in [-0.3, -0.25) is 9.89 Å². The third kappa shape index (κ3) is 2.52. The fourth-order valence-electron chi connectivity index (χ4n) is 2.73. The quantitative estimate of drug-likeness (QED) is 0.912. The van der Waals surface area contributed by atoms with Crippen molar-refractivity contribution in [3.63, 3.8) is 0 Å². The summed E-state index contributed by atoms with van der Waals surface area (Å²) >= 11 is 0. The van der Waals surface area contributed by atoms with Gasteiger partial charge in [0.25, 0.3) is 5.91 Å². The van der Waals surface area contributed by atoms with E-state index in [0.717, 1.165) is 17.7 Å². The molecule has 0 saturated carbocycles. The number of rotatable bonds is 3. The summed E-state index contributed by atoms with van der Waals surface area (Å²) in [5.74, 6) is 0.0105. The Morgan fingerprint density at radius 1 is 1.53 bits per heavy atom. The Kier molecular flexibility index (Phi) is 3.94. The molecule has 5 heteroatoms. The molecular weight excluding hydrogens is 242 g/mol. The van der Waals surface area contributed by atoms with Crippen LogP contribution in [0.15, 0.2) is 0 Å². The number of aromatic amines is 1. The average molecular weight is 265 g/mol. The zero-order chi connectivity index (χ0) is 14.2. The minimum Gasteiger partial charge on any atom is -0.369 e. The van der Waals surface area contributed by atoms with Gasteiger partial charge in [-0.05, 0) is 34.6 Å². The summed E-state index contributed by atoms with van der Waals surface area (Å²) in [6, 6.07) is 0.180. The molecule has 19 heavy (non-hydrogen) atoms. The highest BCUT2D eigenvalue weighted by atomic mass is 16.5. The molecule has 2 rings (SSSR count). The summed E-state index contributed by atoms with van der Waals surface area (Å²) in [6.45, 7) is 10.7. The highest BCUT2D eigenvalue weighted by molar-refractivity contribution is 5.94. The van der Waals surface area contributed by atoms with E-state index in [1.165, 1.54) is 0 Å². The molecule has 2 heterocycles. The van der Waals surface area contributed by atoms with Gasteiger partial charge >= 0.3 is 0 Å². The molecule has 1 aliphatic rings. The number of carbonyl (C=O) groups is 1. The summed E-state index contributed by atoms with van der Waals surface area (Å²) in [7, 11) is 0. The van der Waals surface area contributed by atoms with E-state index in [1.807, 2.05) is 39.5 Å². The van der Waals surface area contributed by atoms with Crippen LogP contribution in [0.4, 0.5) is 0 Å². The molecule has 1 N–H and O–H groups in total. The largest absolute Gasteiger partial charge is 0.369 e. The van der Waals surface area contributed by atoms with Crippen molar-refractivity contribution in [2.24, 2.45) is 0 Å². The first-order valence-corrected chi connectivity index (χ1v) is 6.99. The molecule has 0 aliphatic carbocycles. The van der Waals surface area contributed by atoms with Gasteiger partial charge in [0.2, 0.25) is 0 Å². The lowest BCUT2D eigenvalue weighted by Crippen LogP contribution is -2.37. The maximum Gasteiger partial charge on any atom is 0.274 e. The van der Waals surface area contributed by atoms with E-state index in [9.17, 15) is 4.79 Å². The Morgan fingerprint density at radius 3 is 2.79 bits per heavy atom. The number of hydrogen-bond donors (Lipinski definition) is 1. The highest BCUT2D eigenvalue weighted by Gasteiger charge is 2.31. The van der Waals surface area contributed by atoms with Crippen molar-refractivity contribution in [2.75, 3.05) is 6.54 Å². The second-order valence-electron chi connectivity index (χ2n) is 5.44. The van der Waals surface area contributed by atoms with Crippen LogP contribution in [0, 0.1) is 0 Å². The predicted molar refractivity (Wildman–Crippen MR) is 73.1 cm³/mol. The van der Waals surface area contributed by atoms with Crippen LogP contribution in [0.2, 0.25) is 0 Å². The van der Waals surface area contributed by atoms with Crippen molar-refractivity contribution in [2.45, 2.75) is 59.3 Å². The van der Waals surface area contributed by atoms with Crippen molar-refractivity contribution in [3.8, 4) is 0 Å². The summed E-state index contributed by atoms with van der Waals surface area (Å²) in [5, 5.41) is 7.21. The molecule has 0 bridgehead atoms. The molecule has 0 fully saturated rings. The Bertz CT molecular complexity index is 467. The van der Waals surface area contributed by atoms with E-state index in [-0.39, 0.29) is 24.2 Å². The lowest BCUT2D eigenvalue weighted by molar-refractivity contribution is -0.00702. The van der Waals surface area contributed by atoms with Gasteiger partial charge in [0.05, 0.1) is 17.9 Å². The van der Waals surface area contributed by atoms with Crippen LogP contribution in [0.25, 0.3) is 0 Å². The molecule has 1 aromatic rings. The smallest absolute Gasteiger partial charge is 0.274 e. The molecule has 106 valence electrons. The Hall–Kier alpha value is -1.36. The van der Waals surface area contributed by atoms with Crippen molar-refractivity contribution in [1.29, 1.82) is 0 Å². The average Bonchev–Trinajstić information content (AvgIpc) is 2.72. The number of hydrogen-bond acceptors (Lipinski definition) is 3. The topological polar surface area (TPSA) is 58.2 Å². The molecule has 0 unspecified atom stereocenters. The molecule has 1 aliphatic heterocycles. The zero-order valence-corrected chi connectivity index (χ0v) is 12.4. The molecule has 0 radical (unpaired) electrons. The number of amides is 1.